The van der Waals surface area contributed by atoms with E-state index in [4.69, 9.17) is 17.2 Å². The first-order valence-corrected chi connectivity index (χ1v) is 15.7. The number of nitrogens with two attached hydrogens (primary N) is 3. The van der Waals surface area contributed by atoms with Gasteiger partial charge in [0.25, 0.3) is 0 Å². The summed E-state index contributed by atoms with van der Waals surface area (Å²) in [5, 5.41) is 9.13. The Morgan fingerprint density at radius 3 is 1.20 bits per heavy atom. The van der Waals surface area contributed by atoms with Crippen LogP contribution >= 0.6 is 0 Å². The van der Waals surface area contributed by atoms with Crippen molar-refractivity contribution < 1.29 is 24.2 Å². The van der Waals surface area contributed by atoms with Crippen LogP contribution in [0.15, 0.2) is 0 Å². The molecule has 0 aliphatic carbocycles. The molecule has 0 aromatic carbocycles. The van der Waals surface area contributed by atoms with E-state index < -0.39 is 17.7 Å². The molecule has 0 aliphatic rings. The minimum absolute atomic E-state index is 0.190. The van der Waals surface area contributed by atoms with Crippen molar-refractivity contribution >= 4 is 0 Å². The molecule has 10 heteroatoms. The summed E-state index contributed by atoms with van der Waals surface area (Å²) in [7, 11) is 0. The average Bonchev–Trinajstić information content (AvgIpc) is 2.54. The van der Waals surface area contributed by atoms with Gasteiger partial charge in [-0.1, -0.05) is 0 Å². The molecular weight excluding hydrogens is 360 g/mol. The number of hydrogen-bond acceptors (Lipinski definition) is 7. The Bertz CT molecular complexity index is 467. The zero-order valence-corrected chi connectivity index (χ0v) is 17.7. The maximum atomic E-state index is 14.5. The van der Waals surface area contributed by atoms with Crippen molar-refractivity contribution in [3.63, 3.8) is 0 Å². The number of nitrogens with one attached hydrogen (secondary N) is 3. The van der Waals surface area contributed by atoms with Crippen molar-refractivity contribution in [3.8, 4) is 0 Å². The van der Waals surface area contributed by atoms with E-state index in [1.54, 1.807) is 13.8 Å². The van der Waals surface area contributed by atoms with Crippen LogP contribution in [0.5, 0.6) is 0 Å². The molecule has 0 radical (unpaired) electrons. The molecule has 0 amide bonds. The van der Waals surface area contributed by atoms with Gasteiger partial charge in [0.2, 0.25) is 0 Å². The third-order valence-electron chi connectivity index (χ3n) is 6.32. The van der Waals surface area contributed by atoms with E-state index in [2.05, 4.69) is 16.0 Å². The molecular formula is C15H42N6O3Ti. The van der Waals surface area contributed by atoms with Gasteiger partial charge in [0.05, 0.1) is 0 Å². The molecule has 154 valence electrons. The van der Waals surface area contributed by atoms with Crippen molar-refractivity contribution in [1.29, 1.82) is 0 Å². The summed E-state index contributed by atoms with van der Waals surface area (Å²) < 4.78 is 36.8. The second kappa shape index (κ2) is 8.47. The van der Waals surface area contributed by atoms with Crippen LogP contribution in [0, 0.1) is 0 Å². The summed E-state index contributed by atoms with van der Waals surface area (Å²) in [5.41, 5.74) is 16.4. The Balaban J connectivity index is 5.60. The second-order valence-corrected chi connectivity index (χ2v) is 23.2. The van der Waals surface area contributed by atoms with Gasteiger partial charge in [-0.3, -0.25) is 0 Å². The predicted octanol–water partition coefficient (Wildman–Crippen LogP) is -1.36. The van der Waals surface area contributed by atoms with E-state index >= 15 is 0 Å². The van der Waals surface area contributed by atoms with Crippen LogP contribution in [-0.4, -0.2) is 66.3 Å². The molecule has 0 rings (SSSR count). The van der Waals surface area contributed by atoms with Gasteiger partial charge >= 0.3 is 148 Å². The summed E-state index contributed by atoms with van der Waals surface area (Å²) in [6.45, 7) is 6.85. The molecule has 0 unspecified atom stereocenters. The summed E-state index contributed by atoms with van der Waals surface area (Å²) in [5.74, 6) is 0. The Morgan fingerprint density at radius 2 is 1.00 bits per heavy atom. The van der Waals surface area contributed by atoms with Crippen LogP contribution in [0.1, 0.15) is 13.8 Å². The third kappa shape index (κ3) is 6.69. The topological polar surface area (TPSA) is 172 Å². The van der Waals surface area contributed by atoms with Crippen LogP contribution in [-0.2, 0) is 16.8 Å². The van der Waals surface area contributed by atoms with Crippen LogP contribution < -0.4 is 33.2 Å². The predicted molar refractivity (Wildman–Crippen MR) is 100 cm³/mol. The van der Waals surface area contributed by atoms with Crippen molar-refractivity contribution in [1.82, 2.24) is 16.0 Å². The van der Waals surface area contributed by atoms with Crippen LogP contribution in [0.2, 0.25) is 18.4 Å². The van der Waals surface area contributed by atoms with E-state index in [1.165, 1.54) is 0 Å². The molecule has 0 saturated heterocycles. The quantitative estimate of drug-likeness (QED) is 0.115. The molecule has 0 spiro atoms. The van der Waals surface area contributed by atoms with Gasteiger partial charge in [0.15, 0.2) is 0 Å². The fourth-order valence-corrected chi connectivity index (χ4v) is 12.0. The van der Waals surface area contributed by atoms with E-state index in [0.717, 1.165) is 0 Å². The minimum atomic E-state index is -7.10. The summed E-state index contributed by atoms with van der Waals surface area (Å²) in [4.78, 5) is 0. The molecule has 0 saturated carbocycles. The van der Waals surface area contributed by atoms with Crippen LogP contribution in [0.25, 0.3) is 0 Å². The van der Waals surface area contributed by atoms with Gasteiger partial charge in [0, 0.05) is 0 Å². The monoisotopic (exact) mass is 402 g/mol. The van der Waals surface area contributed by atoms with Crippen molar-refractivity contribution in [2.45, 2.75) is 32.2 Å². The second-order valence-electron chi connectivity index (χ2n) is 8.42. The summed E-state index contributed by atoms with van der Waals surface area (Å²) in [6.07, 6.45) is 0. The SMILES string of the molecule is C[CH](C)[Ti](=[O])([OH])([OH])([CH2]CNCCN)([CH2]CNCCN)[CH2]CNCCN. The van der Waals surface area contributed by atoms with Crippen molar-refractivity contribution in [3.05, 3.63) is 0 Å². The average molecular weight is 402 g/mol. The van der Waals surface area contributed by atoms with Gasteiger partial charge in [0.1, 0.15) is 0 Å². The molecule has 0 atom stereocenters. The molecule has 0 aromatic rings. The van der Waals surface area contributed by atoms with Gasteiger partial charge < -0.3 is 0 Å². The van der Waals surface area contributed by atoms with Gasteiger partial charge in [-0.2, -0.15) is 0 Å². The van der Waals surface area contributed by atoms with Gasteiger partial charge in [-0.05, 0) is 0 Å². The van der Waals surface area contributed by atoms with Crippen molar-refractivity contribution in [2.24, 2.45) is 17.2 Å². The maximum absolute atomic E-state index is 14.5. The summed E-state index contributed by atoms with van der Waals surface area (Å²) >= 11 is -7.10. The first kappa shape index (κ1) is 25.2. The van der Waals surface area contributed by atoms with E-state index in [-0.39, 0.29) is 33.8 Å². The fourth-order valence-electron chi connectivity index (χ4n) is 3.42. The fraction of sp³-hybridized carbons (Fsp3) is 1.00. The number of hydrogen-bond donors (Lipinski definition) is 8. The molecule has 0 aliphatic heterocycles. The molecule has 0 aromatic heterocycles. The molecule has 9 nitrogen and oxygen atoms in total. The summed E-state index contributed by atoms with van der Waals surface area (Å²) in [6, 6.07) is 0. The Labute approximate surface area is 148 Å². The molecule has 25 heavy (non-hydrogen) atoms. The van der Waals surface area contributed by atoms with E-state index in [1.807, 2.05) is 0 Å². The molecule has 11 N–H and O–H groups in total. The van der Waals surface area contributed by atoms with Gasteiger partial charge in [-0.25, -0.2) is 0 Å². The van der Waals surface area contributed by atoms with E-state index in [9.17, 15) is 10.7 Å². The molecule has 0 heterocycles. The van der Waals surface area contributed by atoms with Crippen LogP contribution in [0.3, 0.4) is 0 Å². The van der Waals surface area contributed by atoms with Gasteiger partial charge in [-0.15, -0.1) is 0 Å². The normalized spacial score (nSPS) is 17.0. The molecule has 0 fully saturated rings. The zero-order valence-electron chi connectivity index (χ0n) is 16.1. The standard InChI is InChI=1S/3C4H11N2.C3H7.2H2O.O.Ti/c3*1-2-6-4-3-5;1-3-2;;;;/h3*6H,1-5H2;3H,1-2H3;2*1H2;;/q;;;;;;;+2/p-2. The van der Waals surface area contributed by atoms with Crippen LogP contribution in [0.4, 0.5) is 0 Å². The Hall–Kier alpha value is 0.194. The van der Waals surface area contributed by atoms with Crippen molar-refractivity contribution in [2.75, 3.05) is 58.9 Å². The number of rotatable bonds is 16. The third-order valence-corrected chi connectivity index (χ3v) is 21.4. The Morgan fingerprint density at radius 1 is 0.720 bits per heavy atom. The zero-order chi connectivity index (χ0) is 19.6. The van der Waals surface area contributed by atoms with E-state index in [0.29, 0.717) is 39.3 Å². The molecule has 0 bridgehead atoms. The first-order chi connectivity index (χ1) is 11.4. The Kier molecular flexibility index (Phi) is 8.54. The first-order valence-electron chi connectivity index (χ1n) is 9.50.